The maximum absolute atomic E-state index is 6.07. The van der Waals surface area contributed by atoms with E-state index in [1.165, 1.54) is 0 Å². The predicted molar refractivity (Wildman–Crippen MR) is 64.4 cm³/mol. The number of rotatable bonds is 1. The monoisotopic (exact) mass is 334 g/mol. The first-order valence-corrected chi connectivity index (χ1v) is 5.79. The van der Waals surface area contributed by atoms with Crippen LogP contribution in [-0.4, -0.2) is 10.2 Å². The largest absolute Gasteiger partial charge is 0.271 e. The van der Waals surface area contributed by atoms with Gasteiger partial charge in [-0.2, -0.15) is 5.10 Å². The van der Waals surface area contributed by atoms with Gasteiger partial charge in [0.05, 0.1) is 10.7 Å². The number of H-pyrrole nitrogens is 1. The SMILES string of the molecule is Clc1cc(Br)ccc1-c1cc(Br)[nH]n1. The van der Waals surface area contributed by atoms with Crippen LogP contribution in [0.3, 0.4) is 0 Å². The molecule has 0 atom stereocenters. The quantitative estimate of drug-likeness (QED) is 0.828. The van der Waals surface area contributed by atoms with E-state index in [1.807, 2.05) is 24.3 Å². The van der Waals surface area contributed by atoms with Crippen LogP contribution in [0.5, 0.6) is 0 Å². The maximum Gasteiger partial charge on any atom is 0.101 e. The van der Waals surface area contributed by atoms with Gasteiger partial charge in [-0.1, -0.05) is 33.6 Å². The van der Waals surface area contributed by atoms with Crippen molar-refractivity contribution >= 4 is 43.5 Å². The Morgan fingerprint density at radius 3 is 2.57 bits per heavy atom. The molecule has 0 fully saturated rings. The highest BCUT2D eigenvalue weighted by atomic mass is 79.9. The molecule has 2 nitrogen and oxygen atoms in total. The van der Waals surface area contributed by atoms with E-state index in [1.54, 1.807) is 0 Å². The average Bonchev–Trinajstić information content (AvgIpc) is 2.51. The first-order chi connectivity index (χ1) is 6.66. The van der Waals surface area contributed by atoms with Crippen molar-refractivity contribution in [2.75, 3.05) is 0 Å². The zero-order chi connectivity index (χ0) is 10.1. The summed E-state index contributed by atoms with van der Waals surface area (Å²) in [6.45, 7) is 0. The van der Waals surface area contributed by atoms with Crippen molar-refractivity contribution < 1.29 is 0 Å². The molecule has 0 aliphatic heterocycles. The minimum Gasteiger partial charge on any atom is -0.271 e. The molecule has 0 aliphatic rings. The van der Waals surface area contributed by atoms with Crippen molar-refractivity contribution in [3.8, 4) is 11.3 Å². The predicted octanol–water partition coefficient (Wildman–Crippen LogP) is 4.26. The lowest BCUT2D eigenvalue weighted by Crippen LogP contribution is -1.79. The Kier molecular flexibility index (Phi) is 2.95. The second-order valence-electron chi connectivity index (χ2n) is 2.73. The maximum atomic E-state index is 6.07. The zero-order valence-electron chi connectivity index (χ0n) is 6.89. The molecule has 1 aromatic carbocycles. The normalized spacial score (nSPS) is 10.5. The second-order valence-corrected chi connectivity index (χ2v) is 4.90. The highest BCUT2D eigenvalue weighted by molar-refractivity contribution is 9.10. The van der Waals surface area contributed by atoms with Gasteiger partial charge in [0, 0.05) is 10.0 Å². The molecule has 14 heavy (non-hydrogen) atoms. The van der Waals surface area contributed by atoms with E-state index in [9.17, 15) is 0 Å². The number of aromatic nitrogens is 2. The van der Waals surface area contributed by atoms with Gasteiger partial charge in [0.2, 0.25) is 0 Å². The van der Waals surface area contributed by atoms with Gasteiger partial charge >= 0.3 is 0 Å². The van der Waals surface area contributed by atoms with Gasteiger partial charge in [0.25, 0.3) is 0 Å². The van der Waals surface area contributed by atoms with Crippen molar-refractivity contribution in [1.29, 1.82) is 0 Å². The first kappa shape index (κ1) is 10.2. The van der Waals surface area contributed by atoms with Crippen molar-refractivity contribution in [3.63, 3.8) is 0 Å². The average molecular weight is 336 g/mol. The molecule has 1 aromatic heterocycles. The molecule has 0 unspecified atom stereocenters. The molecule has 1 N–H and O–H groups in total. The molecule has 2 rings (SSSR count). The van der Waals surface area contributed by atoms with Crippen LogP contribution in [-0.2, 0) is 0 Å². The van der Waals surface area contributed by atoms with Crippen LogP contribution in [0.25, 0.3) is 11.3 Å². The molecule has 5 heteroatoms. The van der Waals surface area contributed by atoms with Crippen LogP contribution in [0, 0.1) is 0 Å². The third-order valence-electron chi connectivity index (χ3n) is 1.75. The van der Waals surface area contributed by atoms with Gasteiger partial charge in [-0.3, -0.25) is 5.10 Å². The van der Waals surface area contributed by atoms with Crippen LogP contribution in [0.15, 0.2) is 33.3 Å². The van der Waals surface area contributed by atoms with Crippen molar-refractivity contribution in [2.24, 2.45) is 0 Å². The number of hydrogen-bond acceptors (Lipinski definition) is 1. The van der Waals surface area contributed by atoms with E-state index in [-0.39, 0.29) is 0 Å². The highest BCUT2D eigenvalue weighted by Crippen LogP contribution is 2.30. The topological polar surface area (TPSA) is 28.7 Å². The van der Waals surface area contributed by atoms with Crippen molar-refractivity contribution in [1.82, 2.24) is 10.2 Å². The third-order valence-corrected chi connectivity index (χ3v) is 2.97. The third kappa shape index (κ3) is 2.02. The summed E-state index contributed by atoms with van der Waals surface area (Å²) in [6.07, 6.45) is 0. The van der Waals surface area contributed by atoms with Crippen LogP contribution < -0.4 is 0 Å². The van der Waals surface area contributed by atoms with Crippen LogP contribution in [0.2, 0.25) is 5.02 Å². The Labute approximate surface area is 103 Å². The summed E-state index contributed by atoms with van der Waals surface area (Å²) in [5.74, 6) is 0. The summed E-state index contributed by atoms with van der Waals surface area (Å²) >= 11 is 12.7. The Morgan fingerprint density at radius 1 is 1.21 bits per heavy atom. The molecule has 0 saturated heterocycles. The second kappa shape index (κ2) is 4.04. The van der Waals surface area contributed by atoms with Crippen molar-refractivity contribution in [2.45, 2.75) is 0 Å². The number of hydrogen-bond donors (Lipinski definition) is 1. The van der Waals surface area contributed by atoms with E-state index in [4.69, 9.17) is 11.6 Å². The summed E-state index contributed by atoms with van der Waals surface area (Å²) < 4.78 is 1.80. The fraction of sp³-hybridized carbons (Fsp3) is 0. The van der Waals surface area contributed by atoms with Crippen molar-refractivity contribution in [3.05, 3.63) is 38.4 Å². The minimum atomic E-state index is 0.679. The Bertz CT molecular complexity index is 468. The minimum absolute atomic E-state index is 0.679. The fourth-order valence-corrected chi connectivity index (χ4v) is 2.21. The van der Waals surface area contributed by atoms with E-state index < -0.39 is 0 Å². The number of nitrogens with one attached hydrogen (secondary N) is 1. The number of benzene rings is 1. The van der Waals surface area contributed by atoms with E-state index in [0.29, 0.717) is 5.02 Å². The lowest BCUT2D eigenvalue weighted by Gasteiger charge is -1.99. The van der Waals surface area contributed by atoms with E-state index in [0.717, 1.165) is 20.3 Å². The summed E-state index contributed by atoms with van der Waals surface area (Å²) in [7, 11) is 0. The Morgan fingerprint density at radius 2 is 2.00 bits per heavy atom. The molecule has 0 amide bonds. The highest BCUT2D eigenvalue weighted by Gasteiger charge is 2.06. The molecule has 0 saturated carbocycles. The standard InChI is InChI=1S/C9H5Br2ClN2/c10-5-1-2-6(7(12)3-5)8-4-9(11)14-13-8/h1-4H,(H,13,14). The smallest absolute Gasteiger partial charge is 0.101 e. The molecule has 72 valence electrons. The number of halogens is 3. The summed E-state index contributed by atoms with van der Waals surface area (Å²) in [5, 5.41) is 7.59. The molecule has 0 bridgehead atoms. The van der Waals surface area contributed by atoms with Crippen LogP contribution in [0.1, 0.15) is 0 Å². The zero-order valence-corrected chi connectivity index (χ0v) is 10.8. The van der Waals surface area contributed by atoms with Gasteiger partial charge in [-0.05, 0) is 34.1 Å². The molecular formula is C9H5Br2ClN2. The van der Waals surface area contributed by atoms with E-state index in [2.05, 4.69) is 42.1 Å². The van der Waals surface area contributed by atoms with Gasteiger partial charge in [-0.15, -0.1) is 0 Å². The molecule has 0 radical (unpaired) electrons. The molecule has 0 spiro atoms. The van der Waals surface area contributed by atoms with Gasteiger partial charge in [-0.25, -0.2) is 0 Å². The molecule has 1 heterocycles. The first-order valence-electron chi connectivity index (χ1n) is 3.83. The van der Waals surface area contributed by atoms with Crippen LogP contribution >= 0.6 is 43.5 Å². The molecular weight excluding hydrogens is 331 g/mol. The number of aromatic amines is 1. The fourth-order valence-electron chi connectivity index (χ4n) is 1.13. The van der Waals surface area contributed by atoms with E-state index >= 15 is 0 Å². The van der Waals surface area contributed by atoms with Gasteiger partial charge in [0.1, 0.15) is 4.60 Å². The lowest BCUT2D eigenvalue weighted by atomic mass is 10.1. The van der Waals surface area contributed by atoms with Gasteiger partial charge in [0.15, 0.2) is 0 Å². The van der Waals surface area contributed by atoms with Gasteiger partial charge < -0.3 is 0 Å². The lowest BCUT2D eigenvalue weighted by molar-refractivity contribution is 1.07. The number of nitrogens with zero attached hydrogens (tertiary/aromatic N) is 1. The summed E-state index contributed by atoms with van der Waals surface area (Å²) in [4.78, 5) is 0. The summed E-state index contributed by atoms with van der Waals surface area (Å²) in [5.41, 5.74) is 1.74. The Balaban J connectivity index is 2.52. The Hall–Kier alpha value is -0.320. The van der Waals surface area contributed by atoms with Crippen LogP contribution in [0.4, 0.5) is 0 Å². The molecule has 0 aliphatic carbocycles. The molecule has 2 aromatic rings. The summed E-state index contributed by atoms with van der Waals surface area (Å²) in [6, 6.07) is 7.59.